The second-order valence-corrected chi connectivity index (χ2v) is 4.10. The SMILES string of the molecule is C1CNCCN1.C[P+](O)(O)O. The maximum absolute atomic E-state index is 7.74. The molecule has 5 N–H and O–H groups in total. The molecule has 1 saturated heterocycles. The molecule has 5 nitrogen and oxygen atoms in total. The van der Waals surface area contributed by atoms with Crippen LogP contribution >= 0.6 is 7.94 Å². The fourth-order valence-electron chi connectivity index (χ4n) is 0.604. The maximum Gasteiger partial charge on any atom is 0.400 e. The molecule has 1 aliphatic rings. The molecule has 0 bridgehead atoms. The molecule has 0 amide bonds. The minimum Gasteiger partial charge on any atom is -0.314 e. The van der Waals surface area contributed by atoms with Gasteiger partial charge in [-0.2, -0.15) is 14.7 Å². The Kier molecular flexibility index (Phi) is 5.95. The van der Waals surface area contributed by atoms with E-state index in [2.05, 4.69) is 10.6 Å². The standard InChI is InChI=1S/C4H10N2.CH6O3P/c1-2-6-4-3-5-1;1-5(2,3)4/h5-6H,1-4H2;2-4H,1H3/q;+1. The van der Waals surface area contributed by atoms with Gasteiger partial charge in [0.15, 0.2) is 0 Å². The molecule has 0 atom stereocenters. The van der Waals surface area contributed by atoms with Crippen molar-refractivity contribution in [2.75, 3.05) is 32.8 Å². The molecule has 1 aliphatic heterocycles. The summed E-state index contributed by atoms with van der Waals surface area (Å²) in [6.07, 6.45) is 0. The zero-order valence-electron chi connectivity index (χ0n) is 6.62. The minimum absolute atomic E-state index is 0.965. The molecule has 0 aromatic carbocycles. The molecule has 0 saturated carbocycles. The van der Waals surface area contributed by atoms with Gasteiger partial charge in [-0.25, -0.2) is 0 Å². The monoisotopic (exact) mass is 183 g/mol. The normalized spacial score (nSPS) is 18.5. The highest BCUT2D eigenvalue weighted by atomic mass is 31.2. The van der Waals surface area contributed by atoms with E-state index in [1.165, 1.54) is 0 Å². The molecule has 0 spiro atoms. The van der Waals surface area contributed by atoms with Crippen molar-refractivity contribution < 1.29 is 14.7 Å². The smallest absolute Gasteiger partial charge is 0.314 e. The third-order valence-corrected chi connectivity index (χ3v) is 0.957. The van der Waals surface area contributed by atoms with Crippen LogP contribution in [0.4, 0.5) is 0 Å². The van der Waals surface area contributed by atoms with Crippen LogP contribution in [0.25, 0.3) is 0 Å². The van der Waals surface area contributed by atoms with E-state index < -0.39 is 7.94 Å². The Hall–Kier alpha value is 0.230. The highest BCUT2D eigenvalue weighted by molar-refractivity contribution is 7.57. The van der Waals surface area contributed by atoms with Gasteiger partial charge < -0.3 is 10.6 Å². The van der Waals surface area contributed by atoms with Gasteiger partial charge in [0.1, 0.15) is 6.66 Å². The highest BCUT2D eigenvalue weighted by Crippen LogP contribution is 2.38. The van der Waals surface area contributed by atoms with Crippen LogP contribution in [0, 0.1) is 0 Å². The summed E-state index contributed by atoms with van der Waals surface area (Å²) in [6.45, 7) is 5.52. The van der Waals surface area contributed by atoms with E-state index in [0.717, 1.165) is 32.8 Å². The zero-order valence-corrected chi connectivity index (χ0v) is 7.51. The fraction of sp³-hybridized carbons (Fsp3) is 1.00. The number of hydrogen-bond acceptors (Lipinski definition) is 5. The molecule has 1 rings (SSSR count). The van der Waals surface area contributed by atoms with E-state index in [1.807, 2.05) is 0 Å². The Morgan fingerprint density at radius 2 is 1.09 bits per heavy atom. The number of hydrogen-bond donors (Lipinski definition) is 5. The lowest BCUT2D eigenvalue weighted by molar-refractivity contribution is 0.340. The van der Waals surface area contributed by atoms with Crippen LogP contribution in [-0.2, 0) is 0 Å². The second-order valence-electron chi connectivity index (χ2n) is 2.37. The van der Waals surface area contributed by atoms with Crippen LogP contribution in [0.15, 0.2) is 0 Å². The summed E-state index contributed by atoms with van der Waals surface area (Å²) in [5, 5.41) is 6.44. The van der Waals surface area contributed by atoms with Crippen LogP contribution in [0.5, 0.6) is 0 Å². The summed E-state index contributed by atoms with van der Waals surface area (Å²) in [6, 6.07) is 0. The van der Waals surface area contributed by atoms with Crippen molar-refractivity contribution in [3.63, 3.8) is 0 Å². The molecule has 1 fully saturated rings. The predicted molar refractivity (Wildman–Crippen MR) is 45.2 cm³/mol. The van der Waals surface area contributed by atoms with E-state index in [4.69, 9.17) is 14.7 Å². The molecule has 0 radical (unpaired) electrons. The first-order valence-corrected chi connectivity index (χ1v) is 5.56. The van der Waals surface area contributed by atoms with Gasteiger partial charge in [-0.05, 0) is 0 Å². The number of nitrogens with one attached hydrogen (secondary N) is 2. The summed E-state index contributed by atoms with van der Waals surface area (Å²) in [7, 11) is -3.39. The Morgan fingerprint density at radius 3 is 1.18 bits per heavy atom. The van der Waals surface area contributed by atoms with Gasteiger partial charge in [-0.15, -0.1) is 0 Å². The van der Waals surface area contributed by atoms with Gasteiger partial charge in [0.25, 0.3) is 0 Å². The lowest BCUT2D eigenvalue weighted by Crippen LogP contribution is -2.39. The minimum atomic E-state index is -3.39. The summed E-state index contributed by atoms with van der Waals surface area (Å²) < 4.78 is 0. The molecular formula is C5H16N2O3P+. The van der Waals surface area contributed by atoms with Crippen LogP contribution in [-0.4, -0.2) is 47.5 Å². The van der Waals surface area contributed by atoms with Crippen molar-refractivity contribution in [1.82, 2.24) is 10.6 Å². The first-order chi connectivity index (χ1) is 5.00. The summed E-state index contributed by atoms with van der Waals surface area (Å²) in [4.78, 5) is 23.2. The lowest BCUT2D eigenvalue weighted by Gasteiger charge is -2.11. The van der Waals surface area contributed by atoms with Gasteiger partial charge in [0.05, 0.1) is 0 Å². The number of piperazine rings is 1. The quantitative estimate of drug-likeness (QED) is 0.296. The van der Waals surface area contributed by atoms with Crippen LogP contribution < -0.4 is 10.6 Å². The molecule has 11 heavy (non-hydrogen) atoms. The van der Waals surface area contributed by atoms with Crippen LogP contribution in [0.3, 0.4) is 0 Å². The van der Waals surface area contributed by atoms with Gasteiger partial charge in [-0.1, -0.05) is 0 Å². The zero-order chi connectivity index (χ0) is 8.74. The molecule has 0 aliphatic carbocycles. The van der Waals surface area contributed by atoms with Gasteiger partial charge >= 0.3 is 7.94 Å². The summed E-state index contributed by atoms with van der Waals surface area (Å²) in [5.74, 6) is 0. The largest absolute Gasteiger partial charge is 0.400 e. The number of rotatable bonds is 0. The van der Waals surface area contributed by atoms with E-state index in [9.17, 15) is 0 Å². The maximum atomic E-state index is 7.74. The van der Waals surface area contributed by atoms with Crippen molar-refractivity contribution in [3.05, 3.63) is 0 Å². The highest BCUT2D eigenvalue weighted by Gasteiger charge is 2.17. The topological polar surface area (TPSA) is 84.8 Å². The van der Waals surface area contributed by atoms with Gasteiger partial charge in [0, 0.05) is 26.2 Å². The van der Waals surface area contributed by atoms with Crippen molar-refractivity contribution >= 4 is 7.94 Å². The summed E-state index contributed by atoms with van der Waals surface area (Å²) >= 11 is 0. The van der Waals surface area contributed by atoms with Crippen LogP contribution in [0.1, 0.15) is 0 Å². The van der Waals surface area contributed by atoms with Crippen molar-refractivity contribution in [1.29, 1.82) is 0 Å². The first-order valence-electron chi connectivity index (χ1n) is 3.46. The third-order valence-electron chi connectivity index (χ3n) is 0.957. The molecule has 0 aromatic rings. The van der Waals surface area contributed by atoms with Crippen molar-refractivity contribution in [3.8, 4) is 0 Å². The van der Waals surface area contributed by atoms with E-state index in [-0.39, 0.29) is 0 Å². The second kappa shape index (κ2) is 5.83. The van der Waals surface area contributed by atoms with E-state index >= 15 is 0 Å². The third kappa shape index (κ3) is 17.9. The van der Waals surface area contributed by atoms with E-state index in [0.29, 0.717) is 0 Å². The van der Waals surface area contributed by atoms with Gasteiger partial charge in [0.2, 0.25) is 0 Å². The Balaban J connectivity index is 0.000000187. The molecular weight excluding hydrogens is 167 g/mol. The van der Waals surface area contributed by atoms with Crippen LogP contribution in [0.2, 0.25) is 0 Å². The molecule has 68 valence electrons. The molecule has 6 heteroatoms. The average molecular weight is 183 g/mol. The fourth-order valence-corrected chi connectivity index (χ4v) is 0.604. The van der Waals surface area contributed by atoms with E-state index in [1.54, 1.807) is 0 Å². The predicted octanol–water partition coefficient (Wildman–Crippen LogP) is -1.47. The van der Waals surface area contributed by atoms with Crippen molar-refractivity contribution in [2.24, 2.45) is 0 Å². The summed E-state index contributed by atoms with van der Waals surface area (Å²) in [5.41, 5.74) is 0. The Labute approximate surface area is 67.0 Å². The molecule has 1 heterocycles. The van der Waals surface area contributed by atoms with Gasteiger partial charge in [-0.3, -0.25) is 0 Å². The van der Waals surface area contributed by atoms with Crippen molar-refractivity contribution in [2.45, 2.75) is 0 Å². The lowest BCUT2D eigenvalue weighted by atomic mass is 10.4. The first kappa shape index (κ1) is 11.2. The Morgan fingerprint density at radius 1 is 0.909 bits per heavy atom. The molecule has 0 aromatic heterocycles. The average Bonchev–Trinajstić information content (AvgIpc) is 1.88. The Bertz CT molecular complexity index is 74.7. The molecule has 0 unspecified atom stereocenters.